The van der Waals surface area contributed by atoms with Gasteiger partial charge in [-0.15, -0.1) is 0 Å². The third-order valence-corrected chi connectivity index (χ3v) is 3.40. The molecule has 1 unspecified atom stereocenters. The van der Waals surface area contributed by atoms with Crippen molar-refractivity contribution in [1.29, 1.82) is 0 Å². The second kappa shape index (κ2) is 5.39. The van der Waals surface area contributed by atoms with Crippen LogP contribution in [0.25, 0.3) is 0 Å². The molecule has 1 aromatic carbocycles. The fraction of sp³-hybridized carbons (Fsp3) is 0.500. The fourth-order valence-electron chi connectivity index (χ4n) is 2.40. The lowest BCUT2D eigenvalue weighted by atomic mass is 9.91. The van der Waals surface area contributed by atoms with Gasteiger partial charge in [0.25, 0.3) is 0 Å². The molecule has 0 saturated heterocycles. The van der Waals surface area contributed by atoms with Crippen molar-refractivity contribution >= 4 is 5.78 Å². The topological polar surface area (TPSA) is 17.1 Å². The summed E-state index contributed by atoms with van der Waals surface area (Å²) >= 11 is 0. The zero-order valence-corrected chi connectivity index (χ0v) is 9.72. The summed E-state index contributed by atoms with van der Waals surface area (Å²) in [4.78, 5) is 11.8. The summed E-state index contributed by atoms with van der Waals surface area (Å²) in [5.41, 5.74) is 0.712. The first-order valence-electron chi connectivity index (χ1n) is 6.13. The third kappa shape index (κ3) is 3.11. The maximum atomic E-state index is 13.1. The number of hydrogen-bond donors (Lipinski definition) is 0. The maximum Gasteiger partial charge on any atom is 0.159 e. The Balaban J connectivity index is 2.08. The Morgan fingerprint density at radius 1 is 1.12 bits per heavy atom. The summed E-state index contributed by atoms with van der Waals surface area (Å²) in [6, 6.07) is 3.90. The molecule has 17 heavy (non-hydrogen) atoms. The van der Waals surface area contributed by atoms with Gasteiger partial charge in [0.05, 0.1) is 0 Å². The van der Waals surface area contributed by atoms with E-state index in [1.807, 2.05) is 0 Å². The highest BCUT2D eigenvalue weighted by atomic mass is 19.2. The summed E-state index contributed by atoms with van der Waals surface area (Å²) in [5, 5.41) is 0. The molecule has 1 nitrogen and oxygen atoms in total. The molecule has 1 aliphatic rings. The molecule has 0 heterocycles. The molecule has 1 aromatic rings. The van der Waals surface area contributed by atoms with E-state index in [1.165, 1.54) is 6.07 Å². The van der Waals surface area contributed by atoms with E-state index in [1.54, 1.807) is 6.07 Å². The Hall–Kier alpha value is -1.25. The van der Waals surface area contributed by atoms with Crippen LogP contribution >= 0.6 is 0 Å². The van der Waals surface area contributed by atoms with Gasteiger partial charge in [0.2, 0.25) is 0 Å². The monoisotopic (exact) mass is 238 g/mol. The van der Waals surface area contributed by atoms with Crippen molar-refractivity contribution in [3.63, 3.8) is 0 Å². The molecule has 0 radical (unpaired) electrons. The first kappa shape index (κ1) is 12.2. The molecule has 2 rings (SSSR count). The standard InChI is InChI=1S/C14H16F2O/c15-12-7-6-10(9-13(12)16)8-11-4-2-1-3-5-14(11)17/h6-7,9,11H,1-5,8H2. The molecule has 1 atom stereocenters. The van der Waals surface area contributed by atoms with E-state index in [9.17, 15) is 13.6 Å². The van der Waals surface area contributed by atoms with Crippen molar-refractivity contribution in [1.82, 2.24) is 0 Å². The largest absolute Gasteiger partial charge is 0.299 e. The predicted molar refractivity (Wildman–Crippen MR) is 61.6 cm³/mol. The average molecular weight is 238 g/mol. The number of ketones is 1. The highest BCUT2D eigenvalue weighted by molar-refractivity contribution is 5.81. The Morgan fingerprint density at radius 2 is 1.94 bits per heavy atom. The highest BCUT2D eigenvalue weighted by Gasteiger charge is 2.21. The summed E-state index contributed by atoms with van der Waals surface area (Å²) in [7, 11) is 0. The first-order chi connectivity index (χ1) is 8.16. The number of halogens is 2. The molecule has 92 valence electrons. The zero-order valence-electron chi connectivity index (χ0n) is 9.72. The van der Waals surface area contributed by atoms with Gasteiger partial charge >= 0.3 is 0 Å². The quantitative estimate of drug-likeness (QED) is 0.719. The van der Waals surface area contributed by atoms with Crippen LogP contribution < -0.4 is 0 Å². The average Bonchev–Trinajstić information content (AvgIpc) is 2.50. The molecule has 1 saturated carbocycles. The number of carbonyl (C=O) groups excluding carboxylic acids is 1. The molecule has 0 spiro atoms. The maximum absolute atomic E-state index is 13.1. The van der Waals surface area contributed by atoms with Gasteiger partial charge in [-0.3, -0.25) is 4.79 Å². The van der Waals surface area contributed by atoms with Crippen molar-refractivity contribution in [2.24, 2.45) is 5.92 Å². The number of carbonyl (C=O) groups is 1. The Labute approximate surface area is 99.8 Å². The van der Waals surface area contributed by atoms with Gasteiger partial charge in [0.1, 0.15) is 5.78 Å². The van der Waals surface area contributed by atoms with Gasteiger partial charge in [-0.1, -0.05) is 18.9 Å². The summed E-state index contributed by atoms with van der Waals surface area (Å²) in [6.45, 7) is 0. The van der Waals surface area contributed by atoms with E-state index in [4.69, 9.17) is 0 Å². The second-order valence-electron chi connectivity index (χ2n) is 4.72. The van der Waals surface area contributed by atoms with Gasteiger partial charge in [-0.2, -0.15) is 0 Å². The molecule has 0 amide bonds. The molecule has 0 aliphatic heterocycles. The van der Waals surface area contributed by atoms with Crippen LogP contribution in [0, 0.1) is 17.6 Å². The van der Waals surface area contributed by atoms with Crippen LogP contribution in [0.2, 0.25) is 0 Å². The van der Waals surface area contributed by atoms with Crippen LogP contribution in [0.5, 0.6) is 0 Å². The van der Waals surface area contributed by atoms with Crippen molar-refractivity contribution in [2.75, 3.05) is 0 Å². The van der Waals surface area contributed by atoms with E-state index >= 15 is 0 Å². The third-order valence-electron chi connectivity index (χ3n) is 3.40. The highest BCUT2D eigenvalue weighted by Crippen LogP contribution is 2.24. The summed E-state index contributed by atoms with van der Waals surface area (Å²) in [5.74, 6) is -1.40. The minimum Gasteiger partial charge on any atom is -0.299 e. The molecule has 0 aromatic heterocycles. The molecule has 0 N–H and O–H groups in total. The smallest absolute Gasteiger partial charge is 0.159 e. The Bertz CT molecular complexity index is 415. The van der Waals surface area contributed by atoms with Gasteiger partial charge in [0, 0.05) is 12.3 Å². The van der Waals surface area contributed by atoms with Crippen molar-refractivity contribution in [2.45, 2.75) is 38.5 Å². The Morgan fingerprint density at radius 3 is 2.71 bits per heavy atom. The zero-order chi connectivity index (χ0) is 12.3. The van der Waals surface area contributed by atoms with Crippen LogP contribution in [0.1, 0.15) is 37.7 Å². The Kier molecular flexibility index (Phi) is 3.87. The summed E-state index contributed by atoms with van der Waals surface area (Å²) in [6.07, 6.45) is 5.16. The van der Waals surface area contributed by atoms with Crippen molar-refractivity contribution in [3.8, 4) is 0 Å². The van der Waals surface area contributed by atoms with E-state index < -0.39 is 11.6 Å². The number of hydrogen-bond acceptors (Lipinski definition) is 1. The van der Waals surface area contributed by atoms with Crippen LogP contribution in [-0.4, -0.2) is 5.78 Å². The van der Waals surface area contributed by atoms with Crippen LogP contribution in [0.3, 0.4) is 0 Å². The van der Waals surface area contributed by atoms with Gasteiger partial charge in [0.15, 0.2) is 11.6 Å². The minimum atomic E-state index is -0.832. The number of benzene rings is 1. The van der Waals surface area contributed by atoms with Crippen molar-refractivity contribution in [3.05, 3.63) is 35.4 Å². The first-order valence-corrected chi connectivity index (χ1v) is 6.13. The molecule has 0 bridgehead atoms. The number of rotatable bonds is 2. The summed E-state index contributed by atoms with van der Waals surface area (Å²) < 4.78 is 25.8. The molecule has 1 fully saturated rings. The fourth-order valence-corrected chi connectivity index (χ4v) is 2.40. The van der Waals surface area contributed by atoms with Gasteiger partial charge in [-0.25, -0.2) is 8.78 Å². The normalized spacial score (nSPS) is 21.3. The van der Waals surface area contributed by atoms with E-state index in [0.717, 1.165) is 31.7 Å². The second-order valence-corrected chi connectivity index (χ2v) is 4.72. The van der Waals surface area contributed by atoms with Gasteiger partial charge < -0.3 is 0 Å². The molecule has 1 aliphatic carbocycles. The molecular formula is C14H16F2O. The lowest BCUT2D eigenvalue weighted by Crippen LogP contribution is -2.15. The SMILES string of the molecule is O=C1CCCCCC1Cc1ccc(F)c(F)c1. The molecule has 3 heteroatoms. The van der Waals surface area contributed by atoms with E-state index in [0.29, 0.717) is 18.4 Å². The van der Waals surface area contributed by atoms with Crippen LogP contribution in [0.4, 0.5) is 8.78 Å². The van der Waals surface area contributed by atoms with Crippen molar-refractivity contribution < 1.29 is 13.6 Å². The van der Waals surface area contributed by atoms with Gasteiger partial charge in [-0.05, 0) is 37.0 Å². The molecular weight excluding hydrogens is 222 g/mol. The van der Waals surface area contributed by atoms with E-state index in [-0.39, 0.29) is 11.7 Å². The predicted octanol–water partition coefficient (Wildman–Crippen LogP) is 3.66. The lowest BCUT2D eigenvalue weighted by Gasteiger charge is -2.12. The minimum absolute atomic E-state index is 0.0117. The number of Topliss-reactive ketones (excluding diaryl/α,β-unsaturated/α-hetero) is 1. The lowest BCUT2D eigenvalue weighted by molar-refractivity contribution is -0.122. The van der Waals surface area contributed by atoms with E-state index in [2.05, 4.69) is 0 Å². The van der Waals surface area contributed by atoms with Crippen LogP contribution in [0.15, 0.2) is 18.2 Å². The van der Waals surface area contributed by atoms with Crippen LogP contribution in [-0.2, 0) is 11.2 Å².